The molecule has 0 aliphatic rings. The number of aromatic hydroxyl groups is 2. The lowest BCUT2D eigenvalue weighted by atomic mass is 10.2. The number of nitrogens with one attached hydrogen (secondary N) is 2. The van der Waals surface area contributed by atoms with Crippen molar-refractivity contribution in [2.75, 3.05) is 0 Å². The molecule has 0 radical (unpaired) electrons. The summed E-state index contributed by atoms with van der Waals surface area (Å²) in [6, 6.07) is 11.8. The fourth-order valence-corrected chi connectivity index (χ4v) is 1.88. The molecule has 0 aliphatic heterocycles. The molecule has 146 valence electrons. The second-order valence-electron chi connectivity index (χ2n) is 5.54. The smallest absolute Gasteiger partial charge is 0.272 e. The Bertz CT molecular complexity index is 791. The van der Waals surface area contributed by atoms with Crippen LogP contribution in [0.5, 0.6) is 11.5 Å². The maximum Gasteiger partial charge on any atom is 0.272 e. The quantitative estimate of drug-likeness (QED) is 0.275. The number of phenols is 2. The minimum Gasteiger partial charge on any atom is -0.508 e. The molecule has 2 rings (SSSR count). The normalized spacial score (nSPS) is 13.4. The van der Waals surface area contributed by atoms with E-state index in [4.69, 9.17) is 10.2 Å². The largest absolute Gasteiger partial charge is 0.508 e. The van der Waals surface area contributed by atoms with Crippen LogP contribution in [0, 0.1) is 0 Å². The van der Waals surface area contributed by atoms with Gasteiger partial charge in [0.25, 0.3) is 11.8 Å². The van der Waals surface area contributed by atoms with E-state index in [2.05, 4.69) is 10.2 Å². The van der Waals surface area contributed by atoms with Gasteiger partial charge in [0.2, 0.25) is 0 Å². The lowest BCUT2D eigenvalue weighted by Crippen LogP contribution is -2.47. The number of amides is 2. The molecule has 2 amide bonds. The van der Waals surface area contributed by atoms with Crippen LogP contribution in [0.1, 0.15) is 11.1 Å². The summed E-state index contributed by atoms with van der Waals surface area (Å²) in [7, 11) is 0. The van der Waals surface area contributed by atoms with E-state index in [1.54, 1.807) is 0 Å². The number of hydrogen-bond donors (Lipinski definition) is 6. The Kier molecular flexibility index (Phi) is 7.20. The summed E-state index contributed by atoms with van der Waals surface area (Å²) in [5.41, 5.74) is 5.10. The zero-order chi connectivity index (χ0) is 20.5. The van der Waals surface area contributed by atoms with Crippen LogP contribution in [-0.4, -0.2) is 56.9 Å². The van der Waals surface area contributed by atoms with Crippen molar-refractivity contribution >= 4 is 24.2 Å². The number of hydrazone groups is 2. The third-order valence-electron chi connectivity index (χ3n) is 3.40. The van der Waals surface area contributed by atoms with Gasteiger partial charge in [-0.15, -0.1) is 0 Å². The van der Waals surface area contributed by atoms with Crippen molar-refractivity contribution in [2.45, 2.75) is 12.2 Å². The van der Waals surface area contributed by atoms with Gasteiger partial charge in [0.15, 0.2) is 12.2 Å². The highest BCUT2D eigenvalue weighted by molar-refractivity contribution is 5.91. The lowest BCUT2D eigenvalue weighted by molar-refractivity contribution is -0.146. The first-order chi connectivity index (χ1) is 13.4. The molecule has 0 spiro atoms. The zero-order valence-corrected chi connectivity index (χ0v) is 14.4. The molecule has 2 unspecified atom stereocenters. The topological polar surface area (TPSA) is 164 Å². The van der Waals surface area contributed by atoms with E-state index in [9.17, 15) is 19.8 Å². The highest BCUT2D eigenvalue weighted by atomic mass is 16.3. The molecule has 2 aromatic carbocycles. The molecular weight excluding hydrogens is 368 g/mol. The first kappa shape index (κ1) is 20.6. The lowest BCUT2D eigenvalue weighted by Gasteiger charge is -2.14. The van der Waals surface area contributed by atoms with Gasteiger partial charge in [-0.05, 0) is 59.7 Å². The third-order valence-corrected chi connectivity index (χ3v) is 3.40. The summed E-state index contributed by atoms with van der Waals surface area (Å²) in [4.78, 5) is 23.5. The van der Waals surface area contributed by atoms with Crippen molar-refractivity contribution in [1.29, 1.82) is 0 Å². The minimum absolute atomic E-state index is 0.0683. The Balaban J connectivity index is 1.83. The Hall–Kier alpha value is -3.76. The number of rotatable bonds is 7. The summed E-state index contributed by atoms with van der Waals surface area (Å²) in [6.07, 6.45) is -1.64. The SMILES string of the molecule is O=C(N/N=C/c1ccc(O)cc1)C(O)C(O)C(=O)N/N=C/c1ccc(O)cc1. The van der Waals surface area contributed by atoms with Gasteiger partial charge >= 0.3 is 0 Å². The number of nitrogens with zero attached hydrogens (tertiary/aromatic N) is 2. The first-order valence-corrected chi connectivity index (χ1v) is 7.97. The maximum atomic E-state index is 11.7. The number of aliphatic hydroxyl groups excluding tert-OH is 2. The summed E-state index contributed by atoms with van der Waals surface area (Å²) in [5, 5.41) is 44.9. The molecule has 28 heavy (non-hydrogen) atoms. The molecule has 0 saturated carbocycles. The van der Waals surface area contributed by atoms with Crippen LogP contribution < -0.4 is 10.9 Å². The molecule has 0 aliphatic carbocycles. The van der Waals surface area contributed by atoms with Gasteiger partial charge in [0.05, 0.1) is 12.4 Å². The molecule has 6 N–H and O–H groups in total. The van der Waals surface area contributed by atoms with Crippen LogP contribution in [-0.2, 0) is 9.59 Å². The number of benzene rings is 2. The van der Waals surface area contributed by atoms with Gasteiger partial charge in [-0.3, -0.25) is 9.59 Å². The Labute approximate surface area is 159 Å². The highest BCUT2D eigenvalue weighted by Crippen LogP contribution is 2.08. The number of phenolic OH excluding ortho intramolecular Hbond substituents is 2. The summed E-state index contributed by atoms with van der Waals surface area (Å²) >= 11 is 0. The Morgan fingerprint density at radius 1 is 0.714 bits per heavy atom. The van der Waals surface area contributed by atoms with Gasteiger partial charge in [-0.2, -0.15) is 10.2 Å². The molecule has 2 aromatic rings. The Morgan fingerprint density at radius 3 is 1.36 bits per heavy atom. The van der Waals surface area contributed by atoms with Crippen LogP contribution in [0.4, 0.5) is 0 Å². The number of carbonyl (C=O) groups excluding carboxylic acids is 2. The summed E-state index contributed by atoms with van der Waals surface area (Å²) < 4.78 is 0. The van der Waals surface area contributed by atoms with Crippen LogP contribution >= 0.6 is 0 Å². The third kappa shape index (κ3) is 6.20. The van der Waals surface area contributed by atoms with E-state index >= 15 is 0 Å². The highest BCUT2D eigenvalue weighted by Gasteiger charge is 2.30. The predicted octanol–water partition coefficient (Wildman–Crippen LogP) is -0.580. The van der Waals surface area contributed by atoms with E-state index in [1.165, 1.54) is 61.0 Å². The average Bonchev–Trinajstić information content (AvgIpc) is 2.69. The van der Waals surface area contributed by atoms with Gasteiger partial charge in [-0.1, -0.05) is 0 Å². The van der Waals surface area contributed by atoms with Crippen molar-refractivity contribution in [3.63, 3.8) is 0 Å². The van der Waals surface area contributed by atoms with Crippen molar-refractivity contribution < 1.29 is 30.0 Å². The zero-order valence-electron chi connectivity index (χ0n) is 14.4. The van der Waals surface area contributed by atoms with Gasteiger partial charge in [0.1, 0.15) is 11.5 Å². The van der Waals surface area contributed by atoms with E-state index in [-0.39, 0.29) is 11.5 Å². The van der Waals surface area contributed by atoms with Crippen LogP contribution in [0.3, 0.4) is 0 Å². The van der Waals surface area contributed by atoms with Crippen molar-refractivity contribution in [3.8, 4) is 11.5 Å². The fourth-order valence-electron chi connectivity index (χ4n) is 1.88. The number of carbonyl (C=O) groups is 2. The van der Waals surface area contributed by atoms with E-state index in [0.29, 0.717) is 11.1 Å². The average molecular weight is 386 g/mol. The monoisotopic (exact) mass is 386 g/mol. The fraction of sp³-hybridized carbons (Fsp3) is 0.111. The minimum atomic E-state index is -2.07. The molecule has 0 bridgehead atoms. The Morgan fingerprint density at radius 2 is 1.04 bits per heavy atom. The van der Waals surface area contributed by atoms with Crippen LogP contribution in [0.15, 0.2) is 58.7 Å². The van der Waals surface area contributed by atoms with E-state index in [1.807, 2.05) is 10.9 Å². The number of aliphatic hydroxyl groups is 2. The van der Waals surface area contributed by atoms with Crippen molar-refractivity contribution in [1.82, 2.24) is 10.9 Å². The second-order valence-corrected chi connectivity index (χ2v) is 5.54. The summed E-state index contributed by atoms with van der Waals surface area (Å²) in [5.74, 6) is -2.06. The van der Waals surface area contributed by atoms with Gasteiger partial charge < -0.3 is 20.4 Å². The molecular formula is C18H18N4O6. The molecule has 0 aromatic heterocycles. The molecule has 10 nitrogen and oxygen atoms in total. The number of hydrogen-bond acceptors (Lipinski definition) is 8. The van der Waals surface area contributed by atoms with Crippen LogP contribution in [0.2, 0.25) is 0 Å². The summed E-state index contributed by atoms with van der Waals surface area (Å²) in [6.45, 7) is 0. The second kappa shape index (κ2) is 9.80. The molecule has 0 saturated heterocycles. The van der Waals surface area contributed by atoms with Crippen LogP contribution in [0.25, 0.3) is 0 Å². The van der Waals surface area contributed by atoms with Gasteiger partial charge in [-0.25, -0.2) is 10.9 Å². The molecule has 2 atom stereocenters. The first-order valence-electron chi connectivity index (χ1n) is 7.97. The standard InChI is InChI=1S/C18H18N4O6/c23-13-5-1-11(2-6-13)9-19-21-17(27)15(25)16(26)18(28)22-20-10-12-3-7-14(24)8-4-12/h1-10,15-16,23-26H,(H,21,27)(H,22,28)/b19-9+,20-10+. The van der Waals surface area contributed by atoms with Crippen molar-refractivity contribution in [2.24, 2.45) is 10.2 Å². The molecule has 10 heteroatoms. The predicted molar refractivity (Wildman–Crippen MR) is 99.7 cm³/mol. The molecule has 0 fully saturated rings. The molecule has 0 heterocycles. The maximum absolute atomic E-state index is 11.7. The van der Waals surface area contributed by atoms with Crippen molar-refractivity contribution in [3.05, 3.63) is 59.7 Å². The van der Waals surface area contributed by atoms with E-state index in [0.717, 1.165) is 0 Å². The van der Waals surface area contributed by atoms with Gasteiger partial charge in [0, 0.05) is 0 Å². The van der Waals surface area contributed by atoms with E-state index < -0.39 is 24.0 Å².